The molecule has 10 rings (SSSR count). The highest BCUT2D eigenvalue weighted by molar-refractivity contribution is 7.90. The third kappa shape index (κ3) is 15.7. The Morgan fingerprint density at radius 1 is 0.584 bits per heavy atom. The van der Waals surface area contributed by atoms with Crippen LogP contribution < -0.4 is 29.9 Å². The molecule has 22 nitrogen and oxygen atoms in total. The second-order valence-corrected chi connectivity index (χ2v) is 30.2. The molecule has 0 radical (unpaired) electrons. The smallest absolute Gasteiger partial charge is 0.305 e. The van der Waals surface area contributed by atoms with Crippen LogP contribution in [0.25, 0.3) is 0 Å². The molecule has 4 aliphatic rings. The van der Waals surface area contributed by atoms with Crippen molar-refractivity contribution >= 4 is 67.1 Å². The molecule has 0 spiro atoms. The van der Waals surface area contributed by atoms with E-state index in [1.807, 2.05) is 24.3 Å². The number of hydrogen-bond acceptors (Lipinski definition) is 19. The number of rotatable bonds is 8. The summed E-state index contributed by atoms with van der Waals surface area (Å²) >= 11 is 0. The van der Waals surface area contributed by atoms with E-state index in [-0.39, 0.29) is 85.8 Å². The average molecular weight is 1260 g/mol. The summed E-state index contributed by atoms with van der Waals surface area (Å²) in [6.45, 7) is 22.2. The third-order valence-electron chi connectivity index (χ3n) is 16.9. The van der Waals surface area contributed by atoms with Crippen LogP contribution in [-0.4, -0.2) is 107 Å². The lowest BCUT2D eigenvalue weighted by Gasteiger charge is -2.34. The minimum atomic E-state index is -4.31. The van der Waals surface area contributed by atoms with Gasteiger partial charge in [-0.05, 0) is 163 Å². The molecule has 5 N–H and O–H groups in total. The van der Waals surface area contributed by atoms with Crippen LogP contribution in [0.3, 0.4) is 0 Å². The van der Waals surface area contributed by atoms with E-state index in [0.29, 0.717) is 62.0 Å². The van der Waals surface area contributed by atoms with Crippen LogP contribution in [0.4, 0.5) is 23.3 Å². The first-order chi connectivity index (χ1) is 41.8. The van der Waals surface area contributed by atoms with Crippen molar-refractivity contribution in [3.8, 4) is 0 Å². The van der Waals surface area contributed by atoms with E-state index in [9.17, 15) is 36.0 Å². The normalized spacial score (nSPS) is 21.2. The van der Waals surface area contributed by atoms with Crippen molar-refractivity contribution in [2.24, 2.45) is 11.8 Å². The fourth-order valence-electron chi connectivity index (χ4n) is 12.1. The number of ether oxygens (including phenoxy) is 1. The van der Waals surface area contributed by atoms with E-state index in [2.05, 4.69) is 114 Å². The first-order valence-electron chi connectivity index (χ1n) is 30.2. The molecule has 10 heterocycles. The topological polar surface area (TPSA) is 298 Å². The molecular weight excluding hydrogens is 1170 g/mol. The fourth-order valence-corrected chi connectivity index (χ4v) is 14.0. The van der Waals surface area contributed by atoms with Gasteiger partial charge in [0.05, 0.1) is 41.7 Å². The predicted molar refractivity (Wildman–Crippen MR) is 339 cm³/mol. The number of amides is 2. The van der Waals surface area contributed by atoms with Gasteiger partial charge in [-0.1, -0.05) is 65.8 Å². The Kier molecular flexibility index (Phi) is 18.9. The van der Waals surface area contributed by atoms with Crippen molar-refractivity contribution in [2.45, 2.75) is 177 Å². The maximum atomic E-state index is 13.6. The Morgan fingerprint density at radius 2 is 1.00 bits per heavy atom. The van der Waals surface area contributed by atoms with Gasteiger partial charge >= 0.3 is 11.9 Å². The van der Waals surface area contributed by atoms with Gasteiger partial charge in [-0.2, -0.15) is 16.8 Å². The molecule has 2 unspecified atom stereocenters. The number of esters is 1. The summed E-state index contributed by atoms with van der Waals surface area (Å²) in [6, 6.07) is 23.3. The van der Waals surface area contributed by atoms with Crippen LogP contribution in [0.2, 0.25) is 0 Å². The molecule has 474 valence electrons. The maximum Gasteiger partial charge on any atom is 0.305 e. The lowest BCUT2D eigenvalue weighted by Crippen LogP contribution is -2.41. The molecule has 89 heavy (non-hydrogen) atoms. The van der Waals surface area contributed by atoms with E-state index in [4.69, 9.17) is 24.8 Å². The molecule has 2 fully saturated rings. The zero-order valence-corrected chi connectivity index (χ0v) is 54.2. The SMILES string of the molecule is CC(C)(C)c1ccc2c(n1)N1C[C@@H](CCC(c3ccc(CCC(=O)O)cn3)Nc3cccc(n3)S(=O)(=O)NC2=O)CC1(C)C.COC(=O)CCc1ccc(C2CC[C@@H]3CN(c4nc(C(C)(C)C)ccc4C(=O)NS(=O)(=O)c4cccc(n4)N2)C(C)(C)C3)nc1. The van der Waals surface area contributed by atoms with Gasteiger partial charge < -0.3 is 30.3 Å². The van der Waals surface area contributed by atoms with E-state index in [0.717, 1.165) is 59.6 Å². The standard InChI is InChI=1S/C33H42N6O5S.C32H40N6O5S/c1-32(2,3)26-16-13-23-30(36-26)39-20-22(18-33(39,4)5)11-15-25(24-14-10-21(19-34-24)12-17-29(40)44-6)35-27-8-7-9-28(37-27)45(42,43)38-31(23)41;1-31(2,3)25-15-12-22-29(35-25)38-19-21(17-32(38,4)5)10-14-24(23-13-9-20(18-33-23)11-16-28(39)40)34-26-7-6-8-27(36-26)44(42,43)37-30(22)41/h7-10,13-14,16,19,22,25H,11-12,15,17-18,20H2,1-6H3,(H,35,37)(H,38,41);6-9,12-13,15,18,21,24H,10-11,14,16-17,19H2,1-5H3,(H,34,36)(H,37,41)(H,39,40)/t22-,25?;21-,24?/m00/s1. The Morgan fingerprint density at radius 3 is 1.37 bits per heavy atom. The van der Waals surface area contributed by atoms with Crippen LogP contribution in [0.5, 0.6) is 0 Å². The summed E-state index contributed by atoms with van der Waals surface area (Å²) in [4.78, 5) is 82.2. The number of carbonyl (C=O) groups is 4. The number of aliphatic carboxylic acids is 1. The number of aromatic nitrogens is 6. The van der Waals surface area contributed by atoms with Gasteiger partial charge in [0.1, 0.15) is 23.3 Å². The van der Waals surface area contributed by atoms with Crippen molar-refractivity contribution in [3.63, 3.8) is 0 Å². The molecule has 4 atom stereocenters. The average Bonchev–Trinajstić information content (AvgIpc) is 2.00. The van der Waals surface area contributed by atoms with Crippen LogP contribution in [-0.2, 0) is 58.0 Å². The van der Waals surface area contributed by atoms with Gasteiger partial charge in [-0.3, -0.25) is 29.1 Å². The van der Waals surface area contributed by atoms with E-state index >= 15 is 0 Å². The molecule has 2 saturated heterocycles. The Bertz CT molecular complexity index is 3850. The van der Waals surface area contributed by atoms with Gasteiger partial charge in [-0.15, -0.1) is 0 Å². The van der Waals surface area contributed by atoms with Crippen molar-refractivity contribution in [2.75, 3.05) is 40.6 Å². The number of sulfonamides is 2. The summed E-state index contributed by atoms with van der Waals surface area (Å²) in [6.07, 6.45) is 9.44. The number of anilines is 4. The van der Waals surface area contributed by atoms with Crippen LogP contribution in [0.1, 0.15) is 187 Å². The van der Waals surface area contributed by atoms with Gasteiger partial charge in [0.15, 0.2) is 10.1 Å². The lowest BCUT2D eigenvalue weighted by atomic mass is 9.90. The number of hydrogen-bond donors (Lipinski definition) is 5. The van der Waals surface area contributed by atoms with Crippen molar-refractivity contribution in [1.29, 1.82) is 0 Å². The summed E-state index contributed by atoms with van der Waals surface area (Å²) < 4.78 is 63.0. The number of nitrogens with one attached hydrogen (secondary N) is 4. The number of aryl methyl sites for hydroxylation is 2. The highest BCUT2D eigenvalue weighted by Gasteiger charge is 2.44. The van der Waals surface area contributed by atoms with Crippen molar-refractivity contribution in [1.82, 2.24) is 39.3 Å². The molecule has 2 amide bonds. The minimum Gasteiger partial charge on any atom is -0.481 e. The molecule has 4 aliphatic heterocycles. The van der Waals surface area contributed by atoms with Crippen LogP contribution >= 0.6 is 0 Å². The third-order valence-corrected chi connectivity index (χ3v) is 19.4. The first kappa shape index (κ1) is 65.3. The zero-order valence-electron chi connectivity index (χ0n) is 52.5. The Balaban J connectivity index is 0.000000211. The second kappa shape index (κ2) is 25.8. The summed E-state index contributed by atoms with van der Waals surface area (Å²) in [5, 5.41) is 15.2. The summed E-state index contributed by atoms with van der Waals surface area (Å²) in [5.74, 6) is -0.443. The highest BCUT2D eigenvalue weighted by Crippen LogP contribution is 2.43. The second-order valence-electron chi connectivity index (χ2n) is 26.9. The molecule has 0 aliphatic carbocycles. The number of carbonyl (C=O) groups excluding carboxylic acids is 3. The fraction of sp³-hybridized carbons (Fsp3) is 0.477. The van der Waals surface area contributed by atoms with Gasteiger partial charge in [-0.25, -0.2) is 29.4 Å². The highest BCUT2D eigenvalue weighted by atomic mass is 32.2. The molecule has 24 heteroatoms. The van der Waals surface area contributed by atoms with E-state index < -0.39 is 37.8 Å². The molecule has 6 aromatic rings. The molecular formula is C65H82N12O10S2. The zero-order chi connectivity index (χ0) is 64.4. The molecule has 0 aromatic carbocycles. The Labute approximate surface area is 522 Å². The summed E-state index contributed by atoms with van der Waals surface area (Å²) in [5.41, 5.74) is 4.07. The first-order valence-corrected chi connectivity index (χ1v) is 33.1. The van der Waals surface area contributed by atoms with Crippen LogP contribution in [0.15, 0.2) is 107 Å². The molecule has 6 aromatic heterocycles. The quantitative estimate of drug-likeness (QED) is 0.0885. The van der Waals surface area contributed by atoms with Crippen molar-refractivity contribution in [3.05, 3.63) is 142 Å². The van der Waals surface area contributed by atoms with Crippen LogP contribution in [0, 0.1) is 11.8 Å². The maximum absolute atomic E-state index is 13.6. The molecule has 0 saturated carbocycles. The predicted octanol–water partition coefficient (Wildman–Crippen LogP) is 9.80. The number of carboxylic acids is 1. The minimum absolute atomic E-state index is 0.0215. The molecule has 8 bridgehead atoms. The lowest BCUT2D eigenvalue weighted by molar-refractivity contribution is -0.140. The number of nitrogens with zero attached hydrogens (tertiary/aromatic N) is 8. The number of fused-ring (bicyclic) bond motifs is 12. The van der Waals surface area contributed by atoms with E-state index in [1.54, 1.807) is 60.9 Å². The number of methoxy groups -OCH3 is 1. The van der Waals surface area contributed by atoms with Crippen molar-refractivity contribution < 1.29 is 45.9 Å². The largest absolute Gasteiger partial charge is 0.481 e. The number of pyridine rings is 6. The summed E-state index contributed by atoms with van der Waals surface area (Å²) in [7, 11) is -7.25. The van der Waals surface area contributed by atoms with Gasteiger partial charge in [0.25, 0.3) is 31.9 Å². The Hall–Kier alpha value is -8.12. The monoisotopic (exact) mass is 1250 g/mol. The number of carboxylic acid groups (broad SMARTS) is 1. The van der Waals surface area contributed by atoms with E-state index in [1.165, 1.54) is 19.2 Å². The van der Waals surface area contributed by atoms with Gasteiger partial charge in [0, 0.05) is 71.6 Å². The van der Waals surface area contributed by atoms with Gasteiger partial charge in [0.2, 0.25) is 0 Å².